The van der Waals surface area contributed by atoms with Gasteiger partial charge in [0.1, 0.15) is 30.0 Å². The van der Waals surface area contributed by atoms with Crippen LogP contribution in [0.2, 0.25) is 0 Å². The molecule has 4 saturated carbocycles. The van der Waals surface area contributed by atoms with Crippen LogP contribution in [0.25, 0.3) is 0 Å². The zero-order chi connectivity index (χ0) is 31.1. The van der Waals surface area contributed by atoms with Gasteiger partial charge in [0.15, 0.2) is 6.29 Å². The number of aliphatic hydroxyl groups excluding tert-OH is 3. The van der Waals surface area contributed by atoms with Gasteiger partial charge < -0.3 is 44.2 Å². The van der Waals surface area contributed by atoms with E-state index in [0.717, 1.165) is 5.56 Å². The van der Waals surface area contributed by atoms with Crippen molar-refractivity contribution < 1.29 is 49.0 Å². The zero-order valence-corrected chi connectivity index (χ0v) is 25.3. The van der Waals surface area contributed by atoms with E-state index in [9.17, 15) is 35.1 Å². The van der Waals surface area contributed by atoms with Gasteiger partial charge >= 0.3 is 11.6 Å². The first-order valence-electron chi connectivity index (χ1n) is 15.7. The van der Waals surface area contributed by atoms with E-state index in [1.54, 1.807) is 13.0 Å². The molecule has 4 aliphatic carbocycles. The molecule has 1 aromatic heterocycles. The molecule has 0 aromatic carbocycles. The predicted octanol–water partition coefficient (Wildman–Crippen LogP) is 1.75. The van der Waals surface area contributed by atoms with Crippen molar-refractivity contribution in [3.8, 4) is 0 Å². The van der Waals surface area contributed by atoms with E-state index in [1.165, 1.54) is 19.3 Å². The van der Waals surface area contributed by atoms with E-state index in [2.05, 4.69) is 6.92 Å². The Morgan fingerprint density at radius 1 is 1.00 bits per heavy atom. The van der Waals surface area contributed by atoms with E-state index in [-0.39, 0.29) is 30.3 Å². The molecule has 5 fully saturated rings. The average Bonchev–Trinajstić information content (AvgIpc) is 3.23. The third-order valence-corrected chi connectivity index (χ3v) is 12.5. The molecule has 1 aliphatic heterocycles. The van der Waals surface area contributed by atoms with Crippen LogP contribution in [0.3, 0.4) is 0 Å². The highest BCUT2D eigenvalue weighted by molar-refractivity contribution is 5.66. The molecule has 1 aromatic rings. The van der Waals surface area contributed by atoms with E-state index < -0.39 is 70.4 Å². The number of rotatable bonds is 4. The third kappa shape index (κ3) is 4.56. The van der Waals surface area contributed by atoms with Gasteiger partial charge in [0.05, 0.1) is 24.1 Å². The Labute approximate surface area is 251 Å². The Morgan fingerprint density at radius 3 is 2.42 bits per heavy atom. The van der Waals surface area contributed by atoms with Crippen LogP contribution >= 0.6 is 0 Å². The zero-order valence-electron chi connectivity index (χ0n) is 25.3. The summed E-state index contributed by atoms with van der Waals surface area (Å²) < 4.78 is 23.0. The van der Waals surface area contributed by atoms with E-state index in [4.69, 9.17) is 18.6 Å². The number of ether oxygens (including phenoxy) is 3. The van der Waals surface area contributed by atoms with Crippen LogP contribution in [0.4, 0.5) is 0 Å². The third-order valence-electron chi connectivity index (χ3n) is 12.5. The first-order valence-corrected chi connectivity index (χ1v) is 15.7. The van der Waals surface area contributed by atoms with Gasteiger partial charge in [-0.2, -0.15) is 0 Å². The fourth-order valence-corrected chi connectivity index (χ4v) is 10.2. The summed E-state index contributed by atoms with van der Waals surface area (Å²) in [5, 5.41) is 56.3. The predicted molar refractivity (Wildman–Crippen MR) is 151 cm³/mol. The van der Waals surface area contributed by atoms with Gasteiger partial charge in [-0.3, -0.25) is 4.79 Å². The number of carbonyl (C=O) groups excluding carboxylic acids is 1. The highest BCUT2D eigenvalue weighted by Gasteiger charge is 2.75. The van der Waals surface area contributed by atoms with Crippen LogP contribution in [-0.4, -0.2) is 85.6 Å². The molecule has 2 heterocycles. The molecule has 0 unspecified atom stereocenters. The second-order valence-corrected chi connectivity index (χ2v) is 14.5. The Balaban J connectivity index is 1.29. The topological polar surface area (TPSA) is 176 Å². The standard InChI is InChI=1S/C32H46O11/c1-16-25(35)26(36)27(37)28(41-16)43-19-7-10-29(3)21(13-19)22(42-17(2)33)14-31(38)23(29)9-11-30(4)20(8-12-32(30,31)39)18-5-6-24(34)40-15-18/h5-6,15-16,19-23,25-28,35-39H,7-14H2,1-4H3/t16-,19-,20+,21+,22+,23+,25-,26-,27-,28+,29-,30-,31-,32+/m0/s1. The maximum atomic E-state index is 12.8. The molecule has 14 atom stereocenters. The molecular formula is C32H46O11. The summed E-state index contributed by atoms with van der Waals surface area (Å²) in [5.74, 6) is -1.05. The van der Waals surface area contributed by atoms with Crippen molar-refractivity contribution >= 4 is 5.97 Å². The van der Waals surface area contributed by atoms with Gasteiger partial charge in [0, 0.05) is 30.7 Å². The molecule has 1 saturated heterocycles. The Kier molecular flexibility index (Phi) is 7.68. The van der Waals surface area contributed by atoms with Gasteiger partial charge in [-0.25, -0.2) is 4.79 Å². The van der Waals surface area contributed by atoms with Crippen molar-refractivity contribution in [1.29, 1.82) is 0 Å². The molecule has 0 bridgehead atoms. The largest absolute Gasteiger partial charge is 0.462 e. The summed E-state index contributed by atoms with van der Waals surface area (Å²) in [6, 6.07) is 3.14. The normalized spacial score (nSPS) is 51.2. The summed E-state index contributed by atoms with van der Waals surface area (Å²) >= 11 is 0. The maximum absolute atomic E-state index is 12.8. The van der Waals surface area contributed by atoms with Crippen molar-refractivity contribution in [2.24, 2.45) is 22.7 Å². The molecule has 43 heavy (non-hydrogen) atoms. The second-order valence-electron chi connectivity index (χ2n) is 14.5. The average molecular weight is 607 g/mol. The molecular weight excluding hydrogens is 560 g/mol. The first kappa shape index (κ1) is 31.1. The van der Waals surface area contributed by atoms with Gasteiger partial charge in [-0.05, 0) is 80.8 Å². The number of carbonyl (C=O) groups is 1. The smallest absolute Gasteiger partial charge is 0.335 e. The lowest BCUT2D eigenvalue weighted by Gasteiger charge is -2.68. The van der Waals surface area contributed by atoms with E-state index in [1.807, 2.05) is 6.92 Å². The van der Waals surface area contributed by atoms with Gasteiger partial charge in [0.25, 0.3) is 0 Å². The quantitative estimate of drug-likeness (QED) is 0.249. The Bertz CT molecular complexity index is 1260. The lowest BCUT2D eigenvalue weighted by molar-refractivity contribution is -0.327. The highest BCUT2D eigenvalue weighted by Crippen LogP contribution is 2.72. The summed E-state index contributed by atoms with van der Waals surface area (Å²) in [6.07, 6.45) is -1.42. The number of fused-ring (bicyclic) bond motifs is 5. The van der Waals surface area contributed by atoms with Crippen LogP contribution in [0.5, 0.6) is 0 Å². The van der Waals surface area contributed by atoms with Gasteiger partial charge in [-0.1, -0.05) is 13.8 Å². The summed E-state index contributed by atoms with van der Waals surface area (Å²) in [7, 11) is 0. The van der Waals surface area contributed by atoms with Crippen LogP contribution in [0, 0.1) is 22.7 Å². The minimum atomic E-state index is -1.53. The van der Waals surface area contributed by atoms with E-state index in [0.29, 0.717) is 44.9 Å². The molecule has 240 valence electrons. The molecule has 11 nitrogen and oxygen atoms in total. The number of hydrogen-bond donors (Lipinski definition) is 5. The van der Waals surface area contributed by atoms with Crippen molar-refractivity contribution in [2.45, 2.75) is 139 Å². The lowest BCUT2D eigenvalue weighted by atomic mass is 9.40. The molecule has 5 N–H and O–H groups in total. The van der Waals surface area contributed by atoms with Crippen LogP contribution in [0.15, 0.2) is 27.6 Å². The maximum Gasteiger partial charge on any atom is 0.335 e. The van der Waals surface area contributed by atoms with Gasteiger partial charge in [-0.15, -0.1) is 0 Å². The lowest BCUT2D eigenvalue weighted by Crippen LogP contribution is -2.75. The fourth-order valence-electron chi connectivity index (χ4n) is 10.2. The number of esters is 1. The van der Waals surface area contributed by atoms with Crippen LogP contribution in [0.1, 0.15) is 90.5 Å². The van der Waals surface area contributed by atoms with Crippen molar-refractivity contribution in [3.63, 3.8) is 0 Å². The molecule has 6 rings (SSSR count). The molecule has 0 spiro atoms. The summed E-state index contributed by atoms with van der Waals surface area (Å²) in [4.78, 5) is 24.0. The number of hydrogen-bond acceptors (Lipinski definition) is 11. The Hall–Kier alpha value is -1.86. The fraction of sp³-hybridized carbons (Fsp3) is 0.812. The monoisotopic (exact) mass is 606 g/mol. The minimum Gasteiger partial charge on any atom is -0.462 e. The molecule has 5 aliphatic rings. The van der Waals surface area contributed by atoms with E-state index >= 15 is 0 Å². The second kappa shape index (κ2) is 10.6. The van der Waals surface area contributed by atoms with Crippen molar-refractivity contribution in [3.05, 3.63) is 34.4 Å². The van der Waals surface area contributed by atoms with Crippen LogP contribution < -0.4 is 5.63 Å². The SMILES string of the molecule is CC(=O)O[C@@H]1C[C@]2(O)[C@H](CC[C@@]3(C)[C@@H](c4ccc(=O)oc4)CC[C@@]32O)[C@@]2(C)CC[C@H](O[C@H]3O[C@@H](C)[C@H](O)[C@H](O)[C@@H]3O)C[C@H]12. The molecule has 11 heteroatoms. The number of aliphatic hydroxyl groups is 5. The van der Waals surface area contributed by atoms with Crippen molar-refractivity contribution in [2.75, 3.05) is 0 Å². The highest BCUT2D eigenvalue weighted by atomic mass is 16.7. The first-order chi connectivity index (χ1) is 20.1. The summed E-state index contributed by atoms with van der Waals surface area (Å²) in [5.41, 5.74) is -3.78. The van der Waals surface area contributed by atoms with Crippen molar-refractivity contribution in [1.82, 2.24) is 0 Å². The summed E-state index contributed by atoms with van der Waals surface area (Å²) in [6.45, 7) is 7.10. The minimum absolute atomic E-state index is 0.0808. The molecule has 0 radical (unpaired) electrons. The molecule has 0 amide bonds. The van der Waals surface area contributed by atoms with Gasteiger partial charge in [0.2, 0.25) is 0 Å². The van der Waals surface area contributed by atoms with Crippen LogP contribution in [-0.2, 0) is 19.0 Å². The Morgan fingerprint density at radius 2 is 1.74 bits per heavy atom.